The second kappa shape index (κ2) is 5.44. The van der Waals surface area contributed by atoms with Gasteiger partial charge in [0.15, 0.2) is 0 Å². The highest BCUT2D eigenvalue weighted by Gasteiger charge is 2.12. The standard InChI is InChI=1S/C13H13BrN4O/c1-7-6-10(8(2)18-17-7)13(19)16-11-4-5-12(14)15-9(11)3/h4-6H,1-3H3,(H,16,19). The number of halogens is 1. The van der Waals surface area contributed by atoms with E-state index in [2.05, 4.69) is 36.4 Å². The first-order chi connectivity index (χ1) is 8.97. The SMILES string of the molecule is Cc1cc(C(=O)Nc2ccc(Br)nc2C)c(C)nn1. The predicted octanol–water partition coefficient (Wildman–Crippen LogP) is 2.81. The van der Waals surface area contributed by atoms with Crippen LogP contribution in [0.1, 0.15) is 27.4 Å². The van der Waals surface area contributed by atoms with Crippen molar-refractivity contribution >= 4 is 27.5 Å². The molecule has 2 heterocycles. The van der Waals surface area contributed by atoms with Crippen LogP contribution in [-0.4, -0.2) is 21.1 Å². The van der Waals surface area contributed by atoms with E-state index >= 15 is 0 Å². The number of pyridine rings is 1. The Kier molecular flexibility index (Phi) is 3.90. The summed E-state index contributed by atoms with van der Waals surface area (Å²) in [4.78, 5) is 16.4. The van der Waals surface area contributed by atoms with Crippen molar-refractivity contribution in [3.05, 3.63) is 45.4 Å². The third kappa shape index (κ3) is 3.14. The van der Waals surface area contributed by atoms with Crippen LogP contribution in [0.2, 0.25) is 0 Å². The Hall–Kier alpha value is -1.82. The number of aromatic nitrogens is 3. The molecule has 0 saturated heterocycles. The normalized spacial score (nSPS) is 10.3. The third-order valence-electron chi connectivity index (χ3n) is 2.65. The Morgan fingerprint density at radius 3 is 2.58 bits per heavy atom. The molecular weight excluding hydrogens is 308 g/mol. The number of carbonyl (C=O) groups excluding carboxylic acids is 1. The molecule has 0 aliphatic heterocycles. The van der Waals surface area contributed by atoms with E-state index in [0.29, 0.717) is 22.6 Å². The fourth-order valence-electron chi connectivity index (χ4n) is 1.63. The van der Waals surface area contributed by atoms with Gasteiger partial charge in [0.2, 0.25) is 0 Å². The number of anilines is 1. The molecule has 0 saturated carbocycles. The molecule has 19 heavy (non-hydrogen) atoms. The van der Waals surface area contributed by atoms with Crippen LogP contribution in [0.3, 0.4) is 0 Å². The Bertz CT molecular complexity index is 643. The van der Waals surface area contributed by atoms with Crippen molar-refractivity contribution in [3.63, 3.8) is 0 Å². The molecule has 0 aliphatic carbocycles. The molecule has 0 radical (unpaired) electrons. The molecule has 0 atom stereocenters. The molecule has 2 aromatic rings. The predicted molar refractivity (Wildman–Crippen MR) is 76.1 cm³/mol. The number of amides is 1. The van der Waals surface area contributed by atoms with Crippen LogP contribution in [-0.2, 0) is 0 Å². The summed E-state index contributed by atoms with van der Waals surface area (Å²) in [6, 6.07) is 5.31. The molecule has 0 fully saturated rings. The summed E-state index contributed by atoms with van der Waals surface area (Å²) in [5, 5.41) is 10.7. The molecule has 0 aliphatic rings. The minimum Gasteiger partial charge on any atom is -0.320 e. The van der Waals surface area contributed by atoms with Crippen molar-refractivity contribution in [1.82, 2.24) is 15.2 Å². The Labute approximate surface area is 119 Å². The maximum Gasteiger partial charge on any atom is 0.257 e. The van der Waals surface area contributed by atoms with E-state index in [1.807, 2.05) is 6.92 Å². The number of rotatable bonds is 2. The van der Waals surface area contributed by atoms with E-state index in [1.165, 1.54) is 0 Å². The van der Waals surface area contributed by atoms with Crippen molar-refractivity contribution in [1.29, 1.82) is 0 Å². The summed E-state index contributed by atoms with van der Waals surface area (Å²) in [7, 11) is 0. The maximum absolute atomic E-state index is 12.2. The molecule has 0 aromatic carbocycles. The van der Waals surface area contributed by atoms with Gasteiger partial charge in [-0.3, -0.25) is 4.79 Å². The van der Waals surface area contributed by atoms with Crippen LogP contribution in [0.15, 0.2) is 22.8 Å². The average Bonchev–Trinajstić information content (AvgIpc) is 2.35. The molecule has 0 unspecified atom stereocenters. The van der Waals surface area contributed by atoms with Crippen LogP contribution < -0.4 is 5.32 Å². The van der Waals surface area contributed by atoms with E-state index in [4.69, 9.17) is 0 Å². The van der Waals surface area contributed by atoms with Crippen LogP contribution in [0, 0.1) is 20.8 Å². The van der Waals surface area contributed by atoms with Crippen LogP contribution >= 0.6 is 15.9 Å². The van der Waals surface area contributed by atoms with Crippen molar-refractivity contribution in [2.24, 2.45) is 0 Å². The highest BCUT2D eigenvalue weighted by atomic mass is 79.9. The Balaban J connectivity index is 2.28. The number of nitrogens with one attached hydrogen (secondary N) is 1. The van der Waals surface area contributed by atoms with Crippen molar-refractivity contribution in [3.8, 4) is 0 Å². The lowest BCUT2D eigenvalue weighted by atomic mass is 10.2. The number of nitrogens with zero attached hydrogens (tertiary/aromatic N) is 3. The maximum atomic E-state index is 12.2. The van der Waals surface area contributed by atoms with Gasteiger partial charge in [-0.25, -0.2) is 4.98 Å². The van der Waals surface area contributed by atoms with Crippen LogP contribution in [0.4, 0.5) is 5.69 Å². The summed E-state index contributed by atoms with van der Waals surface area (Å²) in [6.45, 7) is 5.40. The van der Waals surface area contributed by atoms with Crippen LogP contribution in [0.5, 0.6) is 0 Å². The van der Waals surface area contributed by atoms with Gasteiger partial charge in [-0.15, -0.1) is 0 Å². The van der Waals surface area contributed by atoms with Gasteiger partial charge in [0.25, 0.3) is 5.91 Å². The number of hydrogen-bond donors (Lipinski definition) is 1. The third-order valence-corrected chi connectivity index (χ3v) is 3.09. The zero-order valence-corrected chi connectivity index (χ0v) is 12.4. The first-order valence-corrected chi connectivity index (χ1v) is 6.52. The van der Waals surface area contributed by atoms with Gasteiger partial charge in [0.05, 0.1) is 28.3 Å². The minimum atomic E-state index is -0.206. The average molecular weight is 321 g/mol. The summed E-state index contributed by atoms with van der Waals surface area (Å²) in [6.07, 6.45) is 0. The topological polar surface area (TPSA) is 67.8 Å². The highest BCUT2D eigenvalue weighted by molar-refractivity contribution is 9.10. The Morgan fingerprint density at radius 2 is 1.89 bits per heavy atom. The first kappa shape index (κ1) is 13.6. The summed E-state index contributed by atoms with van der Waals surface area (Å²) >= 11 is 3.29. The van der Waals surface area contributed by atoms with Gasteiger partial charge in [-0.05, 0) is 54.9 Å². The van der Waals surface area contributed by atoms with Gasteiger partial charge < -0.3 is 5.32 Å². The molecule has 1 N–H and O–H groups in total. The van der Waals surface area contributed by atoms with Gasteiger partial charge in [0, 0.05) is 0 Å². The fourth-order valence-corrected chi connectivity index (χ4v) is 2.03. The number of carbonyl (C=O) groups is 1. The largest absolute Gasteiger partial charge is 0.320 e. The van der Waals surface area contributed by atoms with E-state index in [-0.39, 0.29) is 5.91 Å². The zero-order valence-electron chi connectivity index (χ0n) is 10.9. The highest BCUT2D eigenvalue weighted by Crippen LogP contribution is 2.17. The van der Waals surface area contributed by atoms with E-state index in [0.717, 1.165) is 10.3 Å². The van der Waals surface area contributed by atoms with E-state index in [1.54, 1.807) is 32.0 Å². The molecule has 0 bridgehead atoms. The molecule has 6 heteroatoms. The smallest absolute Gasteiger partial charge is 0.257 e. The lowest BCUT2D eigenvalue weighted by Gasteiger charge is -2.09. The molecular formula is C13H13BrN4O. The van der Waals surface area contributed by atoms with Gasteiger partial charge in [-0.2, -0.15) is 10.2 Å². The number of hydrogen-bond acceptors (Lipinski definition) is 4. The van der Waals surface area contributed by atoms with Gasteiger partial charge >= 0.3 is 0 Å². The minimum absolute atomic E-state index is 0.206. The lowest BCUT2D eigenvalue weighted by Crippen LogP contribution is -2.16. The van der Waals surface area contributed by atoms with Crippen molar-refractivity contribution in [2.75, 3.05) is 5.32 Å². The Morgan fingerprint density at radius 1 is 1.16 bits per heavy atom. The molecule has 2 rings (SSSR count). The monoisotopic (exact) mass is 320 g/mol. The molecule has 0 spiro atoms. The summed E-state index contributed by atoms with van der Waals surface area (Å²) in [5.74, 6) is -0.206. The van der Waals surface area contributed by atoms with Gasteiger partial charge in [0.1, 0.15) is 4.60 Å². The van der Waals surface area contributed by atoms with Gasteiger partial charge in [-0.1, -0.05) is 0 Å². The molecule has 5 nitrogen and oxygen atoms in total. The molecule has 1 amide bonds. The van der Waals surface area contributed by atoms with E-state index in [9.17, 15) is 4.79 Å². The summed E-state index contributed by atoms with van der Waals surface area (Å²) < 4.78 is 0.737. The fraction of sp³-hybridized carbons (Fsp3) is 0.231. The lowest BCUT2D eigenvalue weighted by molar-refractivity contribution is 0.102. The second-order valence-electron chi connectivity index (χ2n) is 4.21. The van der Waals surface area contributed by atoms with Crippen LogP contribution in [0.25, 0.3) is 0 Å². The zero-order chi connectivity index (χ0) is 14.0. The molecule has 98 valence electrons. The quantitative estimate of drug-likeness (QED) is 0.864. The molecule has 2 aromatic heterocycles. The second-order valence-corrected chi connectivity index (χ2v) is 5.02. The van der Waals surface area contributed by atoms with Crippen molar-refractivity contribution < 1.29 is 4.79 Å². The number of aryl methyl sites for hydroxylation is 3. The van der Waals surface area contributed by atoms with Crippen molar-refractivity contribution in [2.45, 2.75) is 20.8 Å². The first-order valence-electron chi connectivity index (χ1n) is 5.73. The van der Waals surface area contributed by atoms with E-state index < -0.39 is 0 Å². The summed E-state index contributed by atoms with van der Waals surface area (Å²) in [5.41, 5.74) is 3.27.